The molecule has 4 saturated carbocycles. The van der Waals surface area contributed by atoms with Gasteiger partial charge in [0.1, 0.15) is 11.5 Å². The van der Waals surface area contributed by atoms with Crippen molar-refractivity contribution in [2.45, 2.75) is 119 Å². The number of hydrogen-bond acceptors (Lipinski definition) is 4. The molecule has 208 valence electrons. The first-order valence-electron chi connectivity index (χ1n) is 14.9. The summed E-state index contributed by atoms with van der Waals surface area (Å²) in [5.74, 6) is 0.292. The summed E-state index contributed by atoms with van der Waals surface area (Å²) in [4.78, 5) is 24.8. The Bertz CT molecular complexity index is 1020. The zero-order valence-electron chi connectivity index (χ0n) is 24.4. The number of aliphatic carboxylic acids is 1. The van der Waals surface area contributed by atoms with E-state index in [0.29, 0.717) is 29.6 Å². The summed E-state index contributed by atoms with van der Waals surface area (Å²) >= 11 is 0. The van der Waals surface area contributed by atoms with Gasteiger partial charge in [-0.2, -0.15) is 0 Å². The van der Waals surface area contributed by atoms with Crippen molar-refractivity contribution >= 4 is 11.9 Å². The van der Waals surface area contributed by atoms with Gasteiger partial charge in [0.15, 0.2) is 0 Å². The fourth-order valence-electron chi connectivity index (χ4n) is 11.3. The number of allylic oxidation sites excluding steroid dienone is 1. The largest absolute Gasteiger partial charge is 0.481 e. The molecule has 0 radical (unpaired) electrons. The predicted molar refractivity (Wildman–Crippen MR) is 144 cm³/mol. The van der Waals surface area contributed by atoms with Crippen molar-refractivity contribution in [1.29, 1.82) is 0 Å². The average molecular weight is 515 g/mol. The molecule has 0 saturated heterocycles. The van der Waals surface area contributed by atoms with Gasteiger partial charge in [0.05, 0.1) is 6.10 Å². The molecule has 0 heterocycles. The second-order valence-corrected chi connectivity index (χ2v) is 15.2. The standard InChI is InChI=1S/C32H50O5/c1-18-9-12-28(4)15-16-30(6)21(25(28)19(18)2)17-22(34)26-29(5)13-11-24(37-20(3)33)32(8,27(35)36)23(29)10-14-31(26,30)7/h17-19,22-26,34H,9-16H2,1-8H3,(H,35,36)/t18-,19+,22?,23?,24-,25?,26?,28-,29+,30-,31-,32-/m1/s1. The van der Waals surface area contributed by atoms with Crippen molar-refractivity contribution in [3.63, 3.8) is 0 Å². The van der Waals surface area contributed by atoms with Gasteiger partial charge < -0.3 is 14.9 Å². The van der Waals surface area contributed by atoms with Crippen molar-refractivity contribution < 1.29 is 24.5 Å². The van der Waals surface area contributed by atoms with Gasteiger partial charge in [-0.1, -0.05) is 53.2 Å². The summed E-state index contributed by atoms with van der Waals surface area (Å²) in [6.45, 7) is 17.6. The molecule has 0 spiro atoms. The highest BCUT2D eigenvalue weighted by molar-refractivity contribution is 5.77. The van der Waals surface area contributed by atoms with Crippen LogP contribution >= 0.6 is 0 Å². The van der Waals surface area contributed by atoms with Crippen LogP contribution in [0.3, 0.4) is 0 Å². The number of aliphatic hydroxyl groups excluding tert-OH is 1. The van der Waals surface area contributed by atoms with Crippen molar-refractivity contribution in [2.75, 3.05) is 0 Å². The first-order valence-corrected chi connectivity index (χ1v) is 14.9. The summed E-state index contributed by atoms with van der Waals surface area (Å²) in [6, 6.07) is 0. The SMILES string of the molecule is CC(=O)O[C@@H]1CC[C@@]2(C)C(CC[C@]3(C)C2C(O)C=C2C4[C@@H](C)[C@H](C)CC[C@]4(C)CC[C@]23C)[C@@]1(C)C(=O)O. The molecule has 5 rings (SSSR count). The number of fused-ring (bicyclic) bond motifs is 7. The van der Waals surface area contributed by atoms with Crippen molar-refractivity contribution in [3.8, 4) is 0 Å². The van der Waals surface area contributed by atoms with Gasteiger partial charge in [0.2, 0.25) is 0 Å². The number of carbonyl (C=O) groups excluding carboxylic acids is 1. The Balaban J connectivity index is 1.61. The van der Waals surface area contributed by atoms with Gasteiger partial charge in [-0.15, -0.1) is 0 Å². The molecule has 0 amide bonds. The maximum Gasteiger partial charge on any atom is 0.313 e. The summed E-state index contributed by atoms with van der Waals surface area (Å²) in [5.41, 5.74) is 0.161. The second-order valence-electron chi connectivity index (χ2n) is 15.2. The predicted octanol–water partition coefficient (Wildman–Crippen LogP) is 6.63. The van der Waals surface area contributed by atoms with Crippen LogP contribution in [0.1, 0.15) is 107 Å². The highest BCUT2D eigenvalue weighted by Gasteiger charge is 2.72. The van der Waals surface area contributed by atoms with E-state index in [-0.39, 0.29) is 28.1 Å². The third kappa shape index (κ3) is 3.37. The Hall–Kier alpha value is -1.36. The van der Waals surface area contributed by atoms with Gasteiger partial charge in [0, 0.05) is 12.8 Å². The molecule has 37 heavy (non-hydrogen) atoms. The van der Waals surface area contributed by atoms with Crippen LogP contribution in [0.15, 0.2) is 11.6 Å². The Kier molecular flexibility index (Phi) is 6.12. The van der Waals surface area contributed by atoms with E-state index in [9.17, 15) is 19.8 Å². The third-order valence-electron chi connectivity index (χ3n) is 13.7. The molecule has 5 nitrogen and oxygen atoms in total. The number of hydrogen-bond donors (Lipinski definition) is 2. The first kappa shape index (κ1) is 27.2. The molecule has 4 fully saturated rings. The number of ether oxygens (including phenoxy) is 1. The molecule has 0 bridgehead atoms. The zero-order chi connectivity index (χ0) is 27.3. The molecule has 0 aromatic heterocycles. The fraction of sp³-hybridized carbons (Fsp3) is 0.875. The van der Waals surface area contributed by atoms with E-state index in [2.05, 4.69) is 47.6 Å². The van der Waals surface area contributed by atoms with E-state index < -0.39 is 29.6 Å². The van der Waals surface area contributed by atoms with Crippen molar-refractivity contribution in [1.82, 2.24) is 0 Å². The van der Waals surface area contributed by atoms with Crippen molar-refractivity contribution in [3.05, 3.63) is 11.6 Å². The highest BCUT2D eigenvalue weighted by atomic mass is 16.5. The first-order chi connectivity index (χ1) is 17.1. The molecular weight excluding hydrogens is 464 g/mol. The summed E-state index contributed by atoms with van der Waals surface area (Å²) in [6.07, 6.45) is 8.93. The molecule has 4 unspecified atom stereocenters. The third-order valence-corrected chi connectivity index (χ3v) is 13.7. The van der Waals surface area contributed by atoms with Crippen LogP contribution in [-0.4, -0.2) is 34.4 Å². The normalized spacial score (nSPS) is 55.1. The van der Waals surface area contributed by atoms with Gasteiger partial charge in [0.25, 0.3) is 0 Å². The minimum absolute atomic E-state index is 0.00721. The molecule has 12 atom stereocenters. The topological polar surface area (TPSA) is 83.8 Å². The lowest BCUT2D eigenvalue weighted by molar-refractivity contribution is -0.237. The number of rotatable bonds is 2. The average Bonchev–Trinajstić information content (AvgIpc) is 2.79. The van der Waals surface area contributed by atoms with E-state index >= 15 is 0 Å². The van der Waals surface area contributed by atoms with E-state index in [0.717, 1.165) is 25.7 Å². The number of carbonyl (C=O) groups is 2. The van der Waals surface area contributed by atoms with Crippen LogP contribution in [-0.2, 0) is 14.3 Å². The molecule has 0 aliphatic heterocycles. The van der Waals surface area contributed by atoms with Crippen LogP contribution in [0.25, 0.3) is 0 Å². The minimum Gasteiger partial charge on any atom is -0.481 e. The fourth-order valence-corrected chi connectivity index (χ4v) is 11.3. The van der Waals surface area contributed by atoms with Crippen LogP contribution in [0.2, 0.25) is 0 Å². The van der Waals surface area contributed by atoms with Crippen LogP contribution < -0.4 is 0 Å². The lowest BCUT2D eigenvalue weighted by Crippen LogP contribution is -2.69. The summed E-state index contributed by atoms with van der Waals surface area (Å²) in [5, 5.41) is 22.6. The van der Waals surface area contributed by atoms with Gasteiger partial charge in [-0.05, 0) is 104 Å². The van der Waals surface area contributed by atoms with Crippen molar-refractivity contribution in [2.24, 2.45) is 56.7 Å². The van der Waals surface area contributed by atoms with Crippen LogP contribution in [0, 0.1) is 56.7 Å². The number of aliphatic hydroxyl groups is 1. The molecule has 5 aliphatic rings. The van der Waals surface area contributed by atoms with Crippen LogP contribution in [0.5, 0.6) is 0 Å². The van der Waals surface area contributed by atoms with E-state index in [1.807, 2.05) is 0 Å². The monoisotopic (exact) mass is 514 g/mol. The summed E-state index contributed by atoms with van der Waals surface area (Å²) < 4.78 is 5.65. The lowest BCUT2D eigenvalue weighted by atomic mass is 9.33. The molecular formula is C32H50O5. The second kappa shape index (κ2) is 8.32. The summed E-state index contributed by atoms with van der Waals surface area (Å²) in [7, 11) is 0. The smallest absolute Gasteiger partial charge is 0.313 e. The van der Waals surface area contributed by atoms with E-state index in [1.165, 1.54) is 31.8 Å². The maximum atomic E-state index is 12.9. The number of carboxylic acids is 1. The maximum absolute atomic E-state index is 12.9. The highest BCUT2D eigenvalue weighted by Crippen LogP contribution is 2.75. The Labute approximate surface area is 223 Å². The molecule has 2 N–H and O–H groups in total. The van der Waals surface area contributed by atoms with Gasteiger partial charge >= 0.3 is 11.9 Å². The zero-order valence-corrected chi connectivity index (χ0v) is 24.4. The van der Waals surface area contributed by atoms with Gasteiger partial charge in [-0.3, -0.25) is 9.59 Å². The molecule has 0 aromatic carbocycles. The van der Waals surface area contributed by atoms with E-state index in [4.69, 9.17) is 4.74 Å². The lowest BCUT2D eigenvalue weighted by Gasteiger charge is -2.72. The number of carboxylic acid groups (broad SMARTS) is 1. The van der Waals surface area contributed by atoms with Crippen LogP contribution in [0.4, 0.5) is 0 Å². The van der Waals surface area contributed by atoms with E-state index in [1.54, 1.807) is 6.92 Å². The minimum atomic E-state index is -1.16. The quantitative estimate of drug-likeness (QED) is 0.319. The Morgan fingerprint density at radius 3 is 2.24 bits per heavy atom. The Morgan fingerprint density at radius 2 is 1.62 bits per heavy atom. The number of esters is 1. The Morgan fingerprint density at radius 1 is 0.946 bits per heavy atom. The molecule has 5 aliphatic carbocycles. The van der Waals surface area contributed by atoms with Gasteiger partial charge in [-0.25, -0.2) is 0 Å². The molecule has 0 aromatic rings. The molecule has 5 heteroatoms.